The Morgan fingerprint density at radius 2 is 2.19 bits per heavy atom. The van der Waals surface area contributed by atoms with Gasteiger partial charge in [0.15, 0.2) is 0 Å². The first-order valence-electron chi connectivity index (χ1n) is 5.03. The molecule has 0 unspecified atom stereocenters. The standard InChI is InChI=1S/C6H13NO2.C3H4N2O2/c1-2-3-4-5(7)6(8)9;6-2-1-4-3(7)5-2/h5H,2-4,7H2,1H3,(H,8,9);1H2,(H2,4,5,6,7)/t5-;/m1./s1. The largest absolute Gasteiger partial charge is 0.480 e. The van der Waals surface area contributed by atoms with Crippen LogP contribution < -0.4 is 16.4 Å². The fraction of sp³-hybridized carbons (Fsp3) is 0.667. The van der Waals surface area contributed by atoms with Crippen LogP contribution in [0.15, 0.2) is 0 Å². The summed E-state index contributed by atoms with van der Waals surface area (Å²) in [6.45, 7) is 2.13. The number of urea groups is 1. The van der Waals surface area contributed by atoms with E-state index in [0.29, 0.717) is 6.42 Å². The molecule has 0 aromatic heterocycles. The topological polar surface area (TPSA) is 122 Å². The number of hydrogen-bond acceptors (Lipinski definition) is 4. The van der Waals surface area contributed by atoms with E-state index in [9.17, 15) is 14.4 Å². The van der Waals surface area contributed by atoms with Crippen LogP contribution in [0.3, 0.4) is 0 Å². The molecule has 92 valence electrons. The van der Waals surface area contributed by atoms with E-state index in [1.165, 1.54) is 0 Å². The van der Waals surface area contributed by atoms with Crippen LogP contribution in [0.25, 0.3) is 0 Å². The number of carboxylic acid groups (broad SMARTS) is 1. The van der Waals surface area contributed by atoms with E-state index in [1.54, 1.807) is 0 Å². The van der Waals surface area contributed by atoms with Gasteiger partial charge in [-0.2, -0.15) is 0 Å². The van der Waals surface area contributed by atoms with Crippen molar-refractivity contribution in [2.45, 2.75) is 32.2 Å². The van der Waals surface area contributed by atoms with Crippen molar-refractivity contribution in [1.82, 2.24) is 10.6 Å². The zero-order valence-corrected chi connectivity index (χ0v) is 9.16. The maximum Gasteiger partial charge on any atom is 0.321 e. The molecule has 7 heteroatoms. The molecule has 0 aliphatic carbocycles. The molecule has 0 saturated carbocycles. The predicted molar refractivity (Wildman–Crippen MR) is 56.7 cm³/mol. The molecule has 1 rings (SSSR count). The Morgan fingerprint density at radius 1 is 1.56 bits per heavy atom. The van der Waals surface area contributed by atoms with Crippen molar-refractivity contribution in [3.05, 3.63) is 0 Å². The summed E-state index contributed by atoms with van der Waals surface area (Å²) < 4.78 is 0. The van der Waals surface area contributed by atoms with Gasteiger partial charge in [0.25, 0.3) is 0 Å². The van der Waals surface area contributed by atoms with Gasteiger partial charge in [0.05, 0.1) is 6.54 Å². The Balaban J connectivity index is 0.000000288. The maximum absolute atomic E-state index is 10.1. The van der Waals surface area contributed by atoms with Crippen molar-refractivity contribution in [1.29, 1.82) is 0 Å². The van der Waals surface area contributed by atoms with Crippen LogP contribution in [-0.4, -0.2) is 35.6 Å². The number of carbonyl (C=O) groups excluding carboxylic acids is 2. The van der Waals surface area contributed by atoms with Gasteiger partial charge < -0.3 is 16.2 Å². The number of aliphatic carboxylic acids is 1. The molecule has 1 heterocycles. The Hall–Kier alpha value is -1.63. The first kappa shape index (κ1) is 14.4. The molecule has 16 heavy (non-hydrogen) atoms. The molecule has 0 spiro atoms. The number of imide groups is 1. The zero-order chi connectivity index (χ0) is 12.6. The molecule has 1 aliphatic heterocycles. The monoisotopic (exact) mass is 231 g/mol. The number of amides is 3. The SMILES string of the molecule is CCCC[C@@H](N)C(=O)O.O=C1CNC(=O)N1. The minimum absolute atomic E-state index is 0.124. The summed E-state index contributed by atoms with van der Waals surface area (Å²) in [6.07, 6.45) is 2.49. The summed E-state index contributed by atoms with van der Waals surface area (Å²) in [5.41, 5.74) is 5.20. The van der Waals surface area contributed by atoms with Gasteiger partial charge >= 0.3 is 12.0 Å². The van der Waals surface area contributed by atoms with Gasteiger partial charge in [-0.25, -0.2) is 4.79 Å². The average molecular weight is 231 g/mol. The van der Waals surface area contributed by atoms with Crippen LogP contribution in [0.2, 0.25) is 0 Å². The highest BCUT2D eigenvalue weighted by Crippen LogP contribution is 1.96. The van der Waals surface area contributed by atoms with Crippen LogP contribution in [-0.2, 0) is 9.59 Å². The number of carbonyl (C=O) groups is 3. The lowest BCUT2D eigenvalue weighted by Crippen LogP contribution is -2.29. The third kappa shape index (κ3) is 6.77. The first-order chi connectivity index (χ1) is 7.47. The molecule has 0 aromatic rings. The lowest BCUT2D eigenvalue weighted by Gasteiger charge is -2.02. The minimum Gasteiger partial charge on any atom is -0.480 e. The van der Waals surface area contributed by atoms with Crippen molar-refractivity contribution >= 4 is 17.9 Å². The highest BCUT2D eigenvalue weighted by atomic mass is 16.4. The highest BCUT2D eigenvalue weighted by Gasteiger charge is 2.14. The predicted octanol–water partition coefficient (Wildman–Crippen LogP) is -0.586. The number of carboxylic acids is 1. The Morgan fingerprint density at radius 3 is 2.44 bits per heavy atom. The van der Waals surface area contributed by atoms with Crippen LogP contribution in [0, 0.1) is 0 Å². The zero-order valence-electron chi connectivity index (χ0n) is 9.16. The normalized spacial score (nSPS) is 15.6. The van der Waals surface area contributed by atoms with Gasteiger partial charge in [0.2, 0.25) is 5.91 Å². The third-order valence-electron chi connectivity index (χ3n) is 1.85. The summed E-state index contributed by atoms with van der Waals surface area (Å²) in [4.78, 5) is 30.1. The second-order valence-corrected chi connectivity index (χ2v) is 3.32. The summed E-state index contributed by atoms with van der Waals surface area (Å²) in [6, 6.07) is -1.06. The molecule has 1 fully saturated rings. The van der Waals surface area contributed by atoms with Gasteiger partial charge in [-0.15, -0.1) is 0 Å². The summed E-state index contributed by atoms with van der Waals surface area (Å²) >= 11 is 0. The molecule has 1 saturated heterocycles. The summed E-state index contributed by atoms with van der Waals surface area (Å²) in [7, 11) is 0. The van der Waals surface area contributed by atoms with Crippen LogP contribution >= 0.6 is 0 Å². The van der Waals surface area contributed by atoms with E-state index in [-0.39, 0.29) is 12.5 Å². The molecule has 5 N–H and O–H groups in total. The highest BCUT2D eigenvalue weighted by molar-refractivity contribution is 6.01. The molecular weight excluding hydrogens is 214 g/mol. The van der Waals surface area contributed by atoms with E-state index >= 15 is 0 Å². The lowest BCUT2D eigenvalue weighted by atomic mass is 10.1. The number of rotatable bonds is 4. The molecule has 3 amide bonds. The van der Waals surface area contributed by atoms with Crippen molar-refractivity contribution in [2.24, 2.45) is 5.73 Å². The third-order valence-corrected chi connectivity index (χ3v) is 1.85. The molecular formula is C9H17N3O4. The van der Waals surface area contributed by atoms with Gasteiger partial charge in [0.1, 0.15) is 6.04 Å². The number of nitrogens with one attached hydrogen (secondary N) is 2. The molecule has 7 nitrogen and oxygen atoms in total. The molecule has 0 radical (unpaired) electrons. The van der Waals surface area contributed by atoms with Gasteiger partial charge in [0, 0.05) is 0 Å². The second-order valence-electron chi connectivity index (χ2n) is 3.32. The quantitative estimate of drug-likeness (QED) is 0.482. The average Bonchev–Trinajstić information content (AvgIpc) is 2.59. The van der Waals surface area contributed by atoms with Gasteiger partial charge in [-0.1, -0.05) is 19.8 Å². The van der Waals surface area contributed by atoms with Crippen LogP contribution in [0.1, 0.15) is 26.2 Å². The Kier molecular flexibility index (Phi) is 6.86. The molecule has 1 aliphatic rings. The Bertz CT molecular complexity index is 253. The van der Waals surface area contributed by atoms with Crippen LogP contribution in [0.4, 0.5) is 4.79 Å². The fourth-order valence-electron chi connectivity index (χ4n) is 0.923. The van der Waals surface area contributed by atoms with Gasteiger partial charge in [-0.3, -0.25) is 14.9 Å². The smallest absolute Gasteiger partial charge is 0.321 e. The van der Waals surface area contributed by atoms with E-state index in [1.807, 2.05) is 12.2 Å². The number of nitrogens with two attached hydrogens (primary N) is 1. The first-order valence-corrected chi connectivity index (χ1v) is 5.03. The fourth-order valence-corrected chi connectivity index (χ4v) is 0.923. The number of hydrogen-bond donors (Lipinski definition) is 4. The van der Waals surface area contributed by atoms with E-state index < -0.39 is 18.0 Å². The van der Waals surface area contributed by atoms with Crippen LogP contribution in [0.5, 0.6) is 0 Å². The molecule has 0 aromatic carbocycles. The maximum atomic E-state index is 10.1. The van der Waals surface area contributed by atoms with Crippen molar-refractivity contribution in [3.63, 3.8) is 0 Å². The van der Waals surface area contributed by atoms with Gasteiger partial charge in [-0.05, 0) is 6.42 Å². The van der Waals surface area contributed by atoms with E-state index in [4.69, 9.17) is 10.8 Å². The van der Waals surface area contributed by atoms with Crippen molar-refractivity contribution in [2.75, 3.05) is 6.54 Å². The van der Waals surface area contributed by atoms with Crippen molar-refractivity contribution in [3.8, 4) is 0 Å². The second kappa shape index (κ2) is 7.63. The number of unbranched alkanes of at least 4 members (excludes halogenated alkanes) is 1. The summed E-state index contributed by atoms with van der Waals surface area (Å²) in [5.74, 6) is -1.16. The lowest BCUT2D eigenvalue weighted by molar-refractivity contribution is -0.138. The Labute approximate surface area is 93.4 Å². The minimum atomic E-state index is -0.900. The van der Waals surface area contributed by atoms with E-state index in [2.05, 4.69) is 5.32 Å². The molecule has 1 atom stereocenters. The molecule has 0 bridgehead atoms. The summed E-state index contributed by atoms with van der Waals surface area (Å²) in [5, 5.41) is 12.6. The van der Waals surface area contributed by atoms with E-state index in [0.717, 1.165) is 12.8 Å². The van der Waals surface area contributed by atoms with Crippen molar-refractivity contribution < 1.29 is 19.5 Å².